The van der Waals surface area contributed by atoms with Crippen LogP contribution in [0.4, 0.5) is 5.69 Å². The zero-order valence-electron chi connectivity index (χ0n) is 14.7. The number of nitrogens with zero attached hydrogens (tertiary/aromatic N) is 1. The van der Waals surface area contributed by atoms with Crippen LogP contribution in [0.3, 0.4) is 0 Å². The smallest absolute Gasteiger partial charge is 0.238 e. The molecule has 4 heteroatoms. The summed E-state index contributed by atoms with van der Waals surface area (Å²) in [5.41, 5.74) is 3.00. The van der Waals surface area contributed by atoms with Gasteiger partial charge in [-0.1, -0.05) is 48.0 Å². The van der Waals surface area contributed by atoms with Gasteiger partial charge in [-0.15, -0.1) is 0 Å². The van der Waals surface area contributed by atoms with Gasteiger partial charge in [-0.3, -0.25) is 9.69 Å². The Morgan fingerprint density at radius 1 is 1.12 bits per heavy atom. The number of hydrogen-bond acceptors (Lipinski definition) is 3. The number of anilines is 1. The SMILES string of the molecule is Cc1ccc(NC(=O)CN2CCC(C(O)c3ccccc3)CC2)cc1. The lowest BCUT2D eigenvalue weighted by Gasteiger charge is -2.34. The number of carbonyl (C=O) groups is 1. The Morgan fingerprint density at radius 2 is 1.76 bits per heavy atom. The van der Waals surface area contributed by atoms with Crippen LogP contribution >= 0.6 is 0 Å². The van der Waals surface area contributed by atoms with E-state index in [0.717, 1.165) is 37.2 Å². The highest BCUT2D eigenvalue weighted by atomic mass is 16.3. The van der Waals surface area contributed by atoms with Crippen molar-refractivity contribution in [2.75, 3.05) is 25.0 Å². The number of likely N-dealkylation sites (tertiary alicyclic amines) is 1. The molecular weight excluding hydrogens is 312 g/mol. The van der Waals surface area contributed by atoms with Gasteiger partial charge in [0.25, 0.3) is 0 Å². The third-order valence-electron chi connectivity index (χ3n) is 4.92. The second-order valence-corrected chi connectivity index (χ2v) is 6.88. The maximum Gasteiger partial charge on any atom is 0.238 e. The number of nitrogens with one attached hydrogen (secondary N) is 1. The van der Waals surface area contributed by atoms with Crippen LogP contribution in [0.1, 0.15) is 30.1 Å². The Labute approximate surface area is 149 Å². The quantitative estimate of drug-likeness (QED) is 0.879. The average Bonchev–Trinajstić information content (AvgIpc) is 2.64. The van der Waals surface area contributed by atoms with Crippen molar-refractivity contribution < 1.29 is 9.90 Å². The van der Waals surface area contributed by atoms with Crippen LogP contribution in [0, 0.1) is 12.8 Å². The molecule has 0 spiro atoms. The van der Waals surface area contributed by atoms with Crippen molar-refractivity contribution in [3.63, 3.8) is 0 Å². The first-order valence-electron chi connectivity index (χ1n) is 8.94. The molecule has 1 aliphatic rings. The molecule has 1 fully saturated rings. The highest BCUT2D eigenvalue weighted by Gasteiger charge is 2.26. The normalized spacial score (nSPS) is 17.2. The molecular formula is C21H26N2O2. The van der Waals surface area contributed by atoms with Gasteiger partial charge in [0.2, 0.25) is 5.91 Å². The Morgan fingerprint density at radius 3 is 2.40 bits per heavy atom. The Hall–Kier alpha value is -2.17. The summed E-state index contributed by atoms with van der Waals surface area (Å²) in [6.07, 6.45) is 1.41. The van der Waals surface area contributed by atoms with Crippen LogP contribution in [0.15, 0.2) is 54.6 Å². The van der Waals surface area contributed by atoms with E-state index in [-0.39, 0.29) is 11.8 Å². The van der Waals surface area contributed by atoms with E-state index in [1.165, 1.54) is 5.56 Å². The van der Waals surface area contributed by atoms with Crippen LogP contribution in [-0.2, 0) is 4.79 Å². The van der Waals surface area contributed by atoms with Crippen molar-refractivity contribution in [2.24, 2.45) is 5.92 Å². The van der Waals surface area contributed by atoms with Crippen LogP contribution < -0.4 is 5.32 Å². The molecule has 2 aromatic rings. The molecule has 0 saturated carbocycles. The standard InChI is InChI=1S/C21H26N2O2/c1-16-7-9-19(10-8-16)22-20(24)15-23-13-11-18(12-14-23)21(25)17-5-3-2-4-6-17/h2-10,18,21,25H,11-15H2,1H3,(H,22,24). The summed E-state index contributed by atoms with van der Waals surface area (Å²) >= 11 is 0. The van der Waals surface area contributed by atoms with E-state index in [0.29, 0.717) is 6.54 Å². The molecule has 2 aromatic carbocycles. The van der Waals surface area contributed by atoms with E-state index < -0.39 is 6.10 Å². The van der Waals surface area contributed by atoms with Gasteiger partial charge in [-0.2, -0.15) is 0 Å². The highest BCUT2D eigenvalue weighted by molar-refractivity contribution is 5.92. The summed E-state index contributed by atoms with van der Waals surface area (Å²) in [5, 5.41) is 13.5. The molecule has 2 N–H and O–H groups in total. The molecule has 3 rings (SSSR count). The fourth-order valence-corrected chi connectivity index (χ4v) is 3.39. The predicted octanol–water partition coefficient (Wildman–Crippen LogP) is 3.38. The second kappa shape index (κ2) is 8.28. The zero-order valence-corrected chi connectivity index (χ0v) is 14.7. The van der Waals surface area contributed by atoms with Crippen molar-refractivity contribution in [1.82, 2.24) is 4.90 Å². The van der Waals surface area contributed by atoms with Gasteiger partial charge in [0.15, 0.2) is 0 Å². The number of carbonyl (C=O) groups excluding carboxylic acids is 1. The molecule has 4 nitrogen and oxygen atoms in total. The molecule has 0 radical (unpaired) electrons. The number of piperidine rings is 1. The van der Waals surface area contributed by atoms with Gasteiger partial charge in [0.05, 0.1) is 12.6 Å². The summed E-state index contributed by atoms with van der Waals surface area (Å²) in [6, 6.07) is 17.7. The Balaban J connectivity index is 1.46. The second-order valence-electron chi connectivity index (χ2n) is 6.88. The van der Waals surface area contributed by atoms with E-state index >= 15 is 0 Å². The maximum absolute atomic E-state index is 12.2. The first-order valence-corrected chi connectivity index (χ1v) is 8.94. The van der Waals surface area contributed by atoms with Crippen molar-refractivity contribution >= 4 is 11.6 Å². The van der Waals surface area contributed by atoms with E-state index in [2.05, 4.69) is 10.2 Å². The fourth-order valence-electron chi connectivity index (χ4n) is 3.39. The molecule has 0 aromatic heterocycles. The van der Waals surface area contributed by atoms with Gasteiger partial charge in [0.1, 0.15) is 0 Å². The van der Waals surface area contributed by atoms with E-state index in [9.17, 15) is 9.90 Å². The minimum atomic E-state index is -0.412. The Kier molecular flexibility index (Phi) is 5.84. The van der Waals surface area contributed by atoms with Gasteiger partial charge in [-0.25, -0.2) is 0 Å². The van der Waals surface area contributed by atoms with Crippen LogP contribution in [-0.4, -0.2) is 35.5 Å². The maximum atomic E-state index is 12.2. The lowest BCUT2D eigenvalue weighted by Crippen LogP contribution is -2.40. The number of amides is 1. The fraction of sp³-hybridized carbons (Fsp3) is 0.381. The average molecular weight is 338 g/mol. The molecule has 1 atom stereocenters. The molecule has 1 heterocycles. The molecule has 1 saturated heterocycles. The predicted molar refractivity (Wildman–Crippen MR) is 100 cm³/mol. The summed E-state index contributed by atoms with van der Waals surface area (Å²) in [5.74, 6) is 0.282. The van der Waals surface area contributed by atoms with Crippen LogP contribution in [0.2, 0.25) is 0 Å². The summed E-state index contributed by atoms with van der Waals surface area (Å²) in [6.45, 7) is 4.12. The van der Waals surface area contributed by atoms with E-state index in [4.69, 9.17) is 0 Å². The molecule has 1 aliphatic heterocycles. The molecule has 1 amide bonds. The molecule has 25 heavy (non-hydrogen) atoms. The number of aliphatic hydroxyl groups excluding tert-OH is 1. The number of hydrogen-bond donors (Lipinski definition) is 2. The molecule has 0 bridgehead atoms. The summed E-state index contributed by atoms with van der Waals surface area (Å²) < 4.78 is 0. The first-order chi connectivity index (χ1) is 12.1. The zero-order chi connectivity index (χ0) is 17.6. The van der Waals surface area contributed by atoms with Gasteiger partial charge >= 0.3 is 0 Å². The monoisotopic (exact) mass is 338 g/mol. The van der Waals surface area contributed by atoms with Crippen molar-refractivity contribution in [3.05, 3.63) is 65.7 Å². The first kappa shape index (κ1) is 17.6. The third kappa shape index (κ3) is 4.91. The van der Waals surface area contributed by atoms with Gasteiger partial charge in [-0.05, 0) is 56.5 Å². The molecule has 132 valence electrons. The number of rotatable bonds is 5. The van der Waals surface area contributed by atoms with Gasteiger partial charge < -0.3 is 10.4 Å². The van der Waals surface area contributed by atoms with E-state index in [1.807, 2.05) is 61.5 Å². The third-order valence-corrected chi connectivity index (χ3v) is 4.92. The van der Waals surface area contributed by atoms with Crippen molar-refractivity contribution in [3.8, 4) is 0 Å². The summed E-state index contributed by atoms with van der Waals surface area (Å²) in [4.78, 5) is 14.4. The molecule has 1 unspecified atom stereocenters. The van der Waals surface area contributed by atoms with Gasteiger partial charge in [0, 0.05) is 5.69 Å². The summed E-state index contributed by atoms with van der Waals surface area (Å²) in [7, 11) is 0. The number of aryl methyl sites for hydroxylation is 1. The van der Waals surface area contributed by atoms with E-state index in [1.54, 1.807) is 0 Å². The topological polar surface area (TPSA) is 52.6 Å². The Bertz CT molecular complexity index is 677. The molecule has 0 aliphatic carbocycles. The number of benzene rings is 2. The lowest BCUT2D eigenvalue weighted by molar-refractivity contribution is -0.117. The largest absolute Gasteiger partial charge is 0.388 e. The minimum Gasteiger partial charge on any atom is -0.388 e. The van der Waals surface area contributed by atoms with Crippen LogP contribution in [0.25, 0.3) is 0 Å². The minimum absolute atomic E-state index is 0.0194. The highest BCUT2D eigenvalue weighted by Crippen LogP contribution is 2.30. The van der Waals surface area contributed by atoms with Crippen molar-refractivity contribution in [1.29, 1.82) is 0 Å². The van der Waals surface area contributed by atoms with Crippen molar-refractivity contribution in [2.45, 2.75) is 25.9 Å². The van der Waals surface area contributed by atoms with Crippen LogP contribution in [0.5, 0.6) is 0 Å². The number of aliphatic hydroxyl groups is 1. The lowest BCUT2D eigenvalue weighted by atomic mass is 9.87.